The first-order chi connectivity index (χ1) is 7.47. The van der Waals surface area contributed by atoms with E-state index in [1.165, 1.54) is 0 Å². The zero-order chi connectivity index (χ0) is 12.3. The maximum atomic E-state index is 13.3. The predicted molar refractivity (Wildman–Crippen MR) is 51.8 cm³/mol. The van der Waals surface area contributed by atoms with Crippen molar-refractivity contribution >= 4 is 11.9 Å². The first-order valence-electron chi connectivity index (χ1n) is 4.67. The third kappa shape index (κ3) is 2.42. The van der Waals surface area contributed by atoms with Crippen LogP contribution in [-0.2, 0) is 16.0 Å². The van der Waals surface area contributed by atoms with E-state index >= 15 is 0 Å². The average molecular weight is 228 g/mol. The maximum absolute atomic E-state index is 13.3. The molecule has 0 fully saturated rings. The van der Waals surface area contributed by atoms with Gasteiger partial charge in [0.2, 0.25) is 0 Å². The van der Waals surface area contributed by atoms with Crippen LogP contribution >= 0.6 is 0 Å². The summed E-state index contributed by atoms with van der Waals surface area (Å²) in [6.45, 7) is 2.63. The Bertz CT molecular complexity index is 441. The molecule has 1 rings (SSSR count). The molecule has 1 aromatic rings. The lowest BCUT2D eigenvalue weighted by molar-refractivity contribution is -0.135. The van der Waals surface area contributed by atoms with Crippen LogP contribution in [0.25, 0.3) is 0 Å². The monoisotopic (exact) mass is 228 g/mol. The standard InChI is InChI=1S/C11H10F2O3/c1-3-7-8(11(15)16-6(2)14)4-5-9(12)10(7)13/h4-5H,3H2,1-2H3. The van der Waals surface area contributed by atoms with Gasteiger partial charge >= 0.3 is 11.9 Å². The molecule has 0 spiro atoms. The van der Waals surface area contributed by atoms with E-state index in [4.69, 9.17) is 0 Å². The molecule has 0 aliphatic heterocycles. The highest BCUT2D eigenvalue weighted by Crippen LogP contribution is 2.18. The highest BCUT2D eigenvalue weighted by molar-refractivity contribution is 5.97. The summed E-state index contributed by atoms with van der Waals surface area (Å²) in [5.74, 6) is -3.88. The first-order valence-corrected chi connectivity index (χ1v) is 4.67. The van der Waals surface area contributed by atoms with Gasteiger partial charge in [-0.05, 0) is 18.6 Å². The average Bonchev–Trinajstić information content (AvgIpc) is 2.20. The lowest BCUT2D eigenvalue weighted by Gasteiger charge is -2.07. The predicted octanol–water partition coefficient (Wildman–Crippen LogP) is 2.23. The minimum absolute atomic E-state index is 0.0914. The Balaban J connectivity index is 3.18. The topological polar surface area (TPSA) is 43.4 Å². The highest BCUT2D eigenvalue weighted by atomic mass is 19.2. The Morgan fingerprint density at radius 2 is 1.94 bits per heavy atom. The van der Waals surface area contributed by atoms with Gasteiger partial charge in [0.05, 0.1) is 5.56 Å². The summed E-state index contributed by atoms with van der Waals surface area (Å²) in [4.78, 5) is 21.9. The van der Waals surface area contributed by atoms with Gasteiger partial charge in [-0.2, -0.15) is 0 Å². The molecule has 0 radical (unpaired) electrons. The summed E-state index contributed by atoms with van der Waals surface area (Å²) >= 11 is 0. The van der Waals surface area contributed by atoms with Crippen LogP contribution < -0.4 is 0 Å². The van der Waals surface area contributed by atoms with Gasteiger partial charge in [0.15, 0.2) is 11.6 Å². The molecular weight excluding hydrogens is 218 g/mol. The number of halogens is 2. The second-order valence-corrected chi connectivity index (χ2v) is 3.12. The summed E-state index contributed by atoms with van der Waals surface area (Å²) < 4.78 is 30.5. The number of hydrogen-bond acceptors (Lipinski definition) is 3. The molecule has 5 heteroatoms. The van der Waals surface area contributed by atoms with Crippen LogP contribution in [0.15, 0.2) is 12.1 Å². The first kappa shape index (κ1) is 12.3. The van der Waals surface area contributed by atoms with Crippen molar-refractivity contribution in [1.82, 2.24) is 0 Å². The Kier molecular flexibility index (Phi) is 3.71. The molecule has 0 amide bonds. The molecule has 3 nitrogen and oxygen atoms in total. The third-order valence-corrected chi connectivity index (χ3v) is 2.01. The summed E-state index contributed by atoms with van der Waals surface area (Å²) in [6, 6.07) is 1.92. The molecule has 0 unspecified atom stereocenters. The van der Waals surface area contributed by atoms with Gasteiger partial charge < -0.3 is 4.74 Å². The molecule has 0 saturated heterocycles. The van der Waals surface area contributed by atoms with Crippen LogP contribution in [0.5, 0.6) is 0 Å². The van der Waals surface area contributed by atoms with E-state index in [1.807, 2.05) is 0 Å². The van der Waals surface area contributed by atoms with Gasteiger partial charge in [-0.25, -0.2) is 13.6 Å². The summed E-state index contributed by atoms with van der Waals surface area (Å²) in [5.41, 5.74) is -0.220. The fraction of sp³-hybridized carbons (Fsp3) is 0.273. The van der Waals surface area contributed by atoms with Gasteiger partial charge in [0, 0.05) is 12.5 Å². The molecule has 86 valence electrons. The van der Waals surface area contributed by atoms with Crippen molar-refractivity contribution in [3.8, 4) is 0 Å². The maximum Gasteiger partial charge on any atom is 0.346 e. The lowest BCUT2D eigenvalue weighted by Crippen LogP contribution is -2.13. The second kappa shape index (κ2) is 4.83. The Morgan fingerprint density at radius 1 is 1.31 bits per heavy atom. The van der Waals surface area contributed by atoms with Crippen molar-refractivity contribution in [3.63, 3.8) is 0 Å². The molecular formula is C11H10F2O3. The fourth-order valence-corrected chi connectivity index (χ4v) is 1.32. The van der Waals surface area contributed by atoms with Crippen molar-refractivity contribution in [3.05, 3.63) is 34.9 Å². The van der Waals surface area contributed by atoms with Crippen LogP contribution in [0.1, 0.15) is 29.8 Å². The van der Waals surface area contributed by atoms with Crippen LogP contribution in [0.3, 0.4) is 0 Å². The Hall–Kier alpha value is -1.78. The van der Waals surface area contributed by atoms with Crippen LogP contribution in [0, 0.1) is 11.6 Å². The Labute approximate surface area is 91.0 Å². The van der Waals surface area contributed by atoms with Crippen molar-refractivity contribution in [2.24, 2.45) is 0 Å². The SMILES string of the molecule is CCc1c(C(=O)OC(C)=O)ccc(F)c1F. The van der Waals surface area contributed by atoms with Gasteiger partial charge in [0.1, 0.15) is 0 Å². The van der Waals surface area contributed by atoms with Gasteiger partial charge in [-0.3, -0.25) is 4.79 Å². The largest absolute Gasteiger partial charge is 0.390 e. The lowest BCUT2D eigenvalue weighted by atomic mass is 10.0. The summed E-state index contributed by atoms with van der Waals surface area (Å²) in [6.07, 6.45) is 0.131. The molecule has 0 atom stereocenters. The van der Waals surface area contributed by atoms with E-state index in [1.54, 1.807) is 6.92 Å². The molecule has 0 bridgehead atoms. The quantitative estimate of drug-likeness (QED) is 0.575. The van der Waals surface area contributed by atoms with E-state index in [9.17, 15) is 18.4 Å². The van der Waals surface area contributed by atoms with Crippen LogP contribution in [0.4, 0.5) is 8.78 Å². The number of carbonyl (C=O) groups excluding carboxylic acids is 2. The smallest absolute Gasteiger partial charge is 0.346 e. The number of benzene rings is 1. The van der Waals surface area contributed by atoms with Crippen molar-refractivity contribution in [1.29, 1.82) is 0 Å². The van der Waals surface area contributed by atoms with Crippen LogP contribution in [-0.4, -0.2) is 11.9 Å². The van der Waals surface area contributed by atoms with Gasteiger partial charge in [0.25, 0.3) is 0 Å². The van der Waals surface area contributed by atoms with E-state index in [0.29, 0.717) is 0 Å². The molecule has 1 aromatic carbocycles. The number of esters is 2. The zero-order valence-corrected chi connectivity index (χ0v) is 8.84. The number of ether oxygens (including phenoxy) is 1. The summed E-state index contributed by atoms with van der Waals surface area (Å²) in [5, 5.41) is 0. The zero-order valence-electron chi connectivity index (χ0n) is 8.84. The van der Waals surface area contributed by atoms with Gasteiger partial charge in [-0.15, -0.1) is 0 Å². The normalized spacial score (nSPS) is 10.0. The molecule has 0 heterocycles. The van der Waals surface area contributed by atoms with Crippen LogP contribution in [0.2, 0.25) is 0 Å². The summed E-state index contributed by atoms with van der Waals surface area (Å²) in [7, 11) is 0. The van der Waals surface area contributed by atoms with Crippen molar-refractivity contribution in [2.45, 2.75) is 20.3 Å². The molecule has 0 saturated carbocycles. The van der Waals surface area contributed by atoms with E-state index in [-0.39, 0.29) is 17.5 Å². The number of hydrogen-bond donors (Lipinski definition) is 0. The highest BCUT2D eigenvalue weighted by Gasteiger charge is 2.19. The molecule has 0 N–H and O–H groups in total. The molecule has 0 aromatic heterocycles. The minimum Gasteiger partial charge on any atom is -0.390 e. The minimum atomic E-state index is -1.08. The van der Waals surface area contributed by atoms with Gasteiger partial charge in [-0.1, -0.05) is 6.92 Å². The second-order valence-electron chi connectivity index (χ2n) is 3.12. The van der Waals surface area contributed by atoms with E-state index in [2.05, 4.69) is 4.74 Å². The van der Waals surface area contributed by atoms with E-state index < -0.39 is 23.6 Å². The van der Waals surface area contributed by atoms with E-state index in [0.717, 1.165) is 19.1 Å². The van der Waals surface area contributed by atoms with Crippen molar-refractivity contribution < 1.29 is 23.1 Å². The molecule has 16 heavy (non-hydrogen) atoms. The number of carbonyl (C=O) groups is 2. The molecule has 0 aliphatic rings. The molecule has 0 aliphatic carbocycles. The van der Waals surface area contributed by atoms with Crippen molar-refractivity contribution in [2.75, 3.05) is 0 Å². The number of rotatable bonds is 2. The third-order valence-electron chi connectivity index (χ3n) is 2.01. The fourth-order valence-electron chi connectivity index (χ4n) is 1.32. The Morgan fingerprint density at radius 3 is 2.44 bits per heavy atom.